The van der Waals surface area contributed by atoms with Gasteiger partial charge in [-0.25, -0.2) is 9.97 Å². The summed E-state index contributed by atoms with van der Waals surface area (Å²) in [7, 11) is 0. The third-order valence-corrected chi connectivity index (χ3v) is 5.42. The number of carbonyl (C=O) groups is 1. The van der Waals surface area contributed by atoms with Gasteiger partial charge >= 0.3 is 0 Å². The number of nitrogens with zero attached hydrogens (tertiary/aromatic N) is 3. The second-order valence-electron chi connectivity index (χ2n) is 7.57. The second kappa shape index (κ2) is 9.04. The minimum Gasteiger partial charge on any atom is -0.393 e. The summed E-state index contributed by atoms with van der Waals surface area (Å²) in [4.78, 5) is 33.5. The van der Waals surface area contributed by atoms with Crippen LogP contribution in [0.2, 0.25) is 0 Å². The Hall–Kier alpha value is -3.26. The zero-order valence-corrected chi connectivity index (χ0v) is 16.6. The molecule has 0 atom stereocenters. The van der Waals surface area contributed by atoms with E-state index in [1.807, 2.05) is 6.07 Å². The molecule has 0 aliphatic heterocycles. The number of benzene rings is 1. The Balaban J connectivity index is 1.46. The molecule has 2 heterocycles. The van der Waals surface area contributed by atoms with Crippen LogP contribution in [0, 0.1) is 0 Å². The summed E-state index contributed by atoms with van der Waals surface area (Å²) in [6.07, 6.45) is 6.45. The second-order valence-corrected chi connectivity index (χ2v) is 7.57. The Kier molecular flexibility index (Phi) is 6.04. The minimum absolute atomic E-state index is 0.101. The smallest absolute Gasteiger partial charge is 0.253 e. The van der Waals surface area contributed by atoms with Crippen molar-refractivity contribution in [1.82, 2.24) is 19.9 Å². The molecule has 0 spiro atoms. The summed E-state index contributed by atoms with van der Waals surface area (Å²) in [6, 6.07) is 10.6. The van der Waals surface area contributed by atoms with Gasteiger partial charge in [0.25, 0.3) is 11.5 Å². The summed E-state index contributed by atoms with van der Waals surface area (Å²) in [5.74, 6) is 0.245. The Morgan fingerprint density at radius 2 is 1.97 bits per heavy atom. The van der Waals surface area contributed by atoms with Gasteiger partial charge in [0.15, 0.2) is 0 Å². The van der Waals surface area contributed by atoms with Gasteiger partial charge in [-0.15, -0.1) is 0 Å². The summed E-state index contributed by atoms with van der Waals surface area (Å²) < 4.78 is 1.55. The van der Waals surface area contributed by atoms with Crippen LogP contribution in [0.25, 0.3) is 10.9 Å². The maximum atomic E-state index is 12.8. The molecule has 156 valence electrons. The van der Waals surface area contributed by atoms with E-state index in [9.17, 15) is 14.7 Å². The standard InChI is InChI=1S/C22H25N5O3/c28-17-9-7-16(8-10-17)25-22-24-14-15-4-3-5-18(20(15)26-22)21(30)23-11-13-27-12-2-1-6-19(27)29/h1-6,12,14,16-17,28H,7-11,13H2,(H,23,30)(H,24,25,26). The van der Waals surface area contributed by atoms with E-state index in [-0.39, 0.29) is 23.6 Å². The summed E-state index contributed by atoms with van der Waals surface area (Å²) in [5, 5.41) is 16.6. The van der Waals surface area contributed by atoms with Crippen molar-refractivity contribution in [3.05, 3.63) is 64.7 Å². The number of aliphatic hydroxyl groups is 1. The zero-order chi connectivity index (χ0) is 20.9. The molecule has 8 nitrogen and oxygen atoms in total. The third-order valence-electron chi connectivity index (χ3n) is 5.42. The van der Waals surface area contributed by atoms with Crippen molar-refractivity contribution in [2.24, 2.45) is 0 Å². The van der Waals surface area contributed by atoms with Crippen molar-refractivity contribution in [3.8, 4) is 0 Å². The first kappa shape index (κ1) is 20.0. The van der Waals surface area contributed by atoms with Crippen molar-refractivity contribution in [3.63, 3.8) is 0 Å². The van der Waals surface area contributed by atoms with Crippen LogP contribution >= 0.6 is 0 Å². The van der Waals surface area contributed by atoms with Gasteiger partial charge in [0.2, 0.25) is 5.95 Å². The number of hydrogen-bond acceptors (Lipinski definition) is 6. The van der Waals surface area contributed by atoms with Gasteiger partial charge < -0.3 is 20.3 Å². The van der Waals surface area contributed by atoms with E-state index in [4.69, 9.17) is 0 Å². The average molecular weight is 407 g/mol. The molecule has 3 aromatic rings. The van der Waals surface area contributed by atoms with Crippen molar-refractivity contribution in [2.75, 3.05) is 11.9 Å². The van der Waals surface area contributed by atoms with E-state index >= 15 is 0 Å². The van der Waals surface area contributed by atoms with Crippen LogP contribution in [-0.2, 0) is 6.54 Å². The van der Waals surface area contributed by atoms with E-state index in [0.29, 0.717) is 30.1 Å². The highest BCUT2D eigenvalue weighted by Gasteiger charge is 2.20. The topological polar surface area (TPSA) is 109 Å². The van der Waals surface area contributed by atoms with Crippen molar-refractivity contribution >= 4 is 22.8 Å². The number of amides is 1. The van der Waals surface area contributed by atoms with Crippen molar-refractivity contribution < 1.29 is 9.90 Å². The van der Waals surface area contributed by atoms with E-state index in [0.717, 1.165) is 31.1 Å². The molecule has 8 heteroatoms. The highest BCUT2D eigenvalue weighted by atomic mass is 16.3. The molecule has 1 aromatic carbocycles. The average Bonchev–Trinajstić information content (AvgIpc) is 2.76. The number of para-hydroxylation sites is 1. The lowest BCUT2D eigenvalue weighted by atomic mass is 9.93. The van der Waals surface area contributed by atoms with Crippen molar-refractivity contribution in [1.29, 1.82) is 0 Å². The number of fused-ring (bicyclic) bond motifs is 1. The van der Waals surface area contributed by atoms with Crippen LogP contribution in [0.4, 0.5) is 5.95 Å². The van der Waals surface area contributed by atoms with Crippen molar-refractivity contribution in [2.45, 2.75) is 44.4 Å². The van der Waals surface area contributed by atoms with Crippen LogP contribution in [0.5, 0.6) is 0 Å². The van der Waals surface area contributed by atoms with E-state index in [1.165, 1.54) is 6.07 Å². The lowest BCUT2D eigenvalue weighted by Crippen LogP contribution is -2.30. The molecule has 0 saturated heterocycles. The van der Waals surface area contributed by atoms with E-state index < -0.39 is 0 Å². The Bertz CT molecular complexity index is 1090. The van der Waals surface area contributed by atoms with Gasteiger partial charge in [0.05, 0.1) is 17.2 Å². The summed E-state index contributed by atoms with van der Waals surface area (Å²) in [6.45, 7) is 0.727. The summed E-state index contributed by atoms with van der Waals surface area (Å²) >= 11 is 0. The molecule has 0 radical (unpaired) electrons. The predicted molar refractivity (Wildman–Crippen MR) is 114 cm³/mol. The number of aromatic nitrogens is 3. The zero-order valence-electron chi connectivity index (χ0n) is 16.6. The molecule has 1 aliphatic rings. The number of hydrogen-bond donors (Lipinski definition) is 3. The summed E-state index contributed by atoms with van der Waals surface area (Å²) in [5.41, 5.74) is 0.952. The highest BCUT2D eigenvalue weighted by Crippen LogP contribution is 2.22. The molecule has 3 N–H and O–H groups in total. The van der Waals surface area contributed by atoms with Crippen LogP contribution in [0.3, 0.4) is 0 Å². The molecule has 0 unspecified atom stereocenters. The first-order valence-corrected chi connectivity index (χ1v) is 10.2. The molecule has 0 bridgehead atoms. The first-order valence-electron chi connectivity index (χ1n) is 10.2. The normalized spacial score (nSPS) is 18.8. The Labute approximate surface area is 174 Å². The van der Waals surface area contributed by atoms with Crippen LogP contribution < -0.4 is 16.2 Å². The van der Waals surface area contributed by atoms with Gasteiger partial charge in [-0.1, -0.05) is 18.2 Å². The number of rotatable bonds is 6. The maximum Gasteiger partial charge on any atom is 0.253 e. The number of pyridine rings is 1. The third kappa shape index (κ3) is 4.65. The van der Waals surface area contributed by atoms with E-state index in [2.05, 4.69) is 20.6 Å². The molecule has 2 aromatic heterocycles. The van der Waals surface area contributed by atoms with Gasteiger partial charge in [0.1, 0.15) is 0 Å². The monoisotopic (exact) mass is 407 g/mol. The minimum atomic E-state index is -0.241. The quantitative estimate of drug-likeness (QED) is 0.576. The van der Waals surface area contributed by atoms with Crippen LogP contribution in [0.15, 0.2) is 53.6 Å². The highest BCUT2D eigenvalue weighted by molar-refractivity contribution is 6.05. The molecular weight excluding hydrogens is 382 g/mol. The fraction of sp³-hybridized carbons (Fsp3) is 0.364. The number of aliphatic hydroxyl groups excluding tert-OH is 1. The largest absolute Gasteiger partial charge is 0.393 e. The van der Waals surface area contributed by atoms with Gasteiger partial charge in [0, 0.05) is 43.0 Å². The number of nitrogens with one attached hydrogen (secondary N) is 2. The molecule has 4 rings (SSSR count). The SMILES string of the molecule is O=C(NCCn1ccccc1=O)c1cccc2cnc(NC3CCC(O)CC3)nc12. The predicted octanol–water partition coefficient (Wildman–Crippen LogP) is 1.94. The molecule has 1 fully saturated rings. The van der Waals surface area contributed by atoms with Crippen LogP contribution in [0.1, 0.15) is 36.0 Å². The maximum absolute atomic E-state index is 12.8. The molecule has 1 amide bonds. The molecule has 30 heavy (non-hydrogen) atoms. The fourth-order valence-electron chi connectivity index (χ4n) is 3.74. The van der Waals surface area contributed by atoms with Crippen LogP contribution in [-0.4, -0.2) is 44.2 Å². The van der Waals surface area contributed by atoms with Gasteiger partial charge in [-0.3, -0.25) is 9.59 Å². The first-order chi connectivity index (χ1) is 14.6. The molecular formula is C22H25N5O3. The van der Waals surface area contributed by atoms with Gasteiger partial charge in [-0.05, 0) is 37.8 Å². The lowest BCUT2D eigenvalue weighted by molar-refractivity contribution is 0.0953. The van der Waals surface area contributed by atoms with Gasteiger partial charge in [-0.2, -0.15) is 0 Å². The van der Waals surface area contributed by atoms with E-state index in [1.54, 1.807) is 41.2 Å². The lowest BCUT2D eigenvalue weighted by Gasteiger charge is -2.26. The fourth-order valence-corrected chi connectivity index (χ4v) is 3.74. The Morgan fingerprint density at radius 3 is 2.77 bits per heavy atom. The molecule has 1 saturated carbocycles. The number of carbonyl (C=O) groups excluding carboxylic acids is 1. The molecule has 1 aliphatic carbocycles. The number of anilines is 1. The Morgan fingerprint density at radius 1 is 1.13 bits per heavy atom.